The van der Waals surface area contributed by atoms with Gasteiger partial charge in [0.05, 0.1) is 23.7 Å². The molecule has 0 aliphatic heterocycles. The lowest BCUT2D eigenvalue weighted by atomic mass is 10.2. The van der Waals surface area contributed by atoms with E-state index in [0.717, 1.165) is 0 Å². The Morgan fingerprint density at radius 2 is 2.31 bits per heavy atom. The highest BCUT2D eigenvalue weighted by atomic mass is 79.9. The molecular formula is C9H8BrF2NO3. The van der Waals surface area contributed by atoms with E-state index in [0.29, 0.717) is 0 Å². The van der Waals surface area contributed by atoms with Gasteiger partial charge in [0.2, 0.25) is 0 Å². The first-order chi connectivity index (χ1) is 7.45. The summed E-state index contributed by atoms with van der Waals surface area (Å²) in [4.78, 5) is 14.4. The van der Waals surface area contributed by atoms with Crippen LogP contribution in [0.2, 0.25) is 0 Å². The highest BCUT2D eigenvalue weighted by Crippen LogP contribution is 2.33. The third kappa shape index (κ3) is 2.88. The number of aromatic hydroxyl groups is 1. The molecule has 16 heavy (non-hydrogen) atoms. The van der Waals surface area contributed by atoms with Crippen LogP contribution in [0.1, 0.15) is 17.8 Å². The van der Waals surface area contributed by atoms with Gasteiger partial charge in [-0.15, -0.1) is 0 Å². The van der Waals surface area contributed by atoms with Crippen LogP contribution >= 0.6 is 15.9 Å². The zero-order chi connectivity index (χ0) is 12.3. The first kappa shape index (κ1) is 12.8. The van der Waals surface area contributed by atoms with Gasteiger partial charge >= 0.3 is 5.97 Å². The summed E-state index contributed by atoms with van der Waals surface area (Å²) in [5, 5.41) is 9.28. The Morgan fingerprint density at radius 1 is 1.69 bits per heavy atom. The number of alkyl halides is 2. The fourth-order valence-corrected chi connectivity index (χ4v) is 1.51. The van der Waals surface area contributed by atoms with Crippen molar-refractivity contribution >= 4 is 21.9 Å². The molecule has 0 atom stereocenters. The van der Waals surface area contributed by atoms with Crippen LogP contribution in [-0.2, 0) is 16.0 Å². The number of rotatable bonds is 3. The summed E-state index contributed by atoms with van der Waals surface area (Å²) in [5.41, 5.74) is -0.653. The van der Waals surface area contributed by atoms with Gasteiger partial charge in [-0.2, -0.15) is 0 Å². The van der Waals surface area contributed by atoms with Crippen molar-refractivity contribution in [3.05, 3.63) is 21.9 Å². The maximum Gasteiger partial charge on any atom is 0.311 e. The Balaban J connectivity index is 3.09. The Labute approximate surface area is 98.4 Å². The molecule has 0 aliphatic carbocycles. The van der Waals surface area contributed by atoms with Crippen molar-refractivity contribution in [2.24, 2.45) is 0 Å². The van der Waals surface area contributed by atoms with Crippen molar-refractivity contribution in [2.45, 2.75) is 12.8 Å². The number of carbonyl (C=O) groups is 1. The molecule has 1 rings (SSSR count). The second-order valence-corrected chi connectivity index (χ2v) is 3.74. The van der Waals surface area contributed by atoms with Gasteiger partial charge in [0.1, 0.15) is 5.69 Å². The molecule has 0 bridgehead atoms. The summed E-state index contributed by atoms with van der Waals surface area (Å²) in [5.74, 6) is -1.21. The Morgan fingerprint density at radius 3 is 2.81 bits per heavy atom. The number of nitrogens with zero attached hydrogens (tertiary/aromatic N) is 1. The summed E-state index contributed by atoms with van der Waals surface area (Å²) in [7, 11) is 1.19. The molecule has 0 fully saturated rings. The first-order valence-electron chi connectivity index (χ1n) is 4.19. The fourth-order valence-electron chi connectivity index (χ4n) is 1.04. The predicted molar refractivity (Wildman–Crippen MR) is 54.3 cm³/mol. The normalized spacial score (nSPS) is 10.6. The van der Waals surface area contributed by atoms with E-state index in [9.17, 15) is 18.7 Å². The number of ether oxygens (including phenoxy) is 1. The van der Waals surface area contributed by atoms with Crippen LogP contribution in [0.5, 0.6) is 5.75 Å². The van der Waals surface area contributed by atoms with Crippen LogP contribution in [-0.4, -0.2) is 23.2 Å². The Bertz CT molecular complexity index is 412. The van der Waals surface area contributed by atoms with Crippen LogP contribution in [0.15, 0.2) is 10.5 Å². The highest BCUT2D eigenvalue weighted by Gasteiger charge is 2.19. The van der Waals surface area contributed by atoms with Gasteiger partial charge in [0.15, 0.2) is 5.75 Å². The minimum Gasteiger partial charge on any atom is -0.505 e. The average Bonchev–Trinajstić information content (AvgIpc) is 2.22. The molecule has 0 amide bonds. The van der Waals surface area contributed by atoms with Crippen molar-refractivity contribution in [2.75, 3.05) is 7.11 Å². The molecular weight excluding hydrogens is 288 g/mol. The van der Waals surface area contributed by atoms with Crippen molar-refractivity contribution < 1.29 is 23.4 Å². The summed E-state index contributed by atoms with van der Waals surface area (Å²) in [6, 6.07) is 1.29. The number of halogens is 3. The third-order valence-electron chi connectivity index (χ3n) is 1.79. The quantitative estimate of drug-likeness (QED) is 0.869. The molecule has 1 N–H and O–H groups in total. The maximum atomic E-state index is 12.4. The number of hydrogen-bond acceptors (Lipinski definition) is 4. The summed E-state index contributed by atoms with van der Waals surface area (Å²) in [6.45, 7) is 0. The van der Waals surface area contributed by atoms with Crippen LogP contribution in [0.3, 0.4) is 0 Å². The minimum atomic E-state index is -2.91. The smallest absolute Gasteiger partial charge is 0.311 e. The third-order valence-corrected chi connectivity index (χ3v) is 2.39. The molecule has 0 aromatic carbocycles. The summed E-state index contributed by atoms with van der Waals surface area (Å²) in [6.07, 6.45) is -3.14. The Kier molecular flexibility index (Phi) is 4.17. The zero-order valence-electron chi connectivity index (χ0n) is 8.21. The van der Waals surface area contributed by atoms with Gasteiger partial charge in [-0.05, 0) is 22.0 Å². The molecule has 1 aromatic heterocycles. The molecule has 1 heterocycles. The predicted octanol–water partition coefficient (Wildman–Crippen LogP) is 2.20. The van der Waals surface area contributed by atoms with Crippen LogP contribution in [0.4, 0.5) is 8.78 Å². The van der Waals surface area contributed by atoms with Gasteiger partial charge in [-0.1, -0.05) is 0 Å². The number of esters is 1. The maximum absolute atomic E-state index is 12.4. The van der Waals surface area contributed by atoms with E-state index in [-0.39, 0.29) is 16.6 Å². The number of hydrogen-bond donors (Lipinski definition) is 1. The van der Waals surface area contributed by atoms with Crippen molar-refractivity contribution in [1.29, 1.82) is 0 Å². The monoisotopic (exact) mass is 295 g/mol. The summed E-state index contributed by atoms with van der Waals surface area (Å²) >= 11 is 2.90. The van der Waals surface area contributed by atoms with E-state index < -0.39 is 23.8 Å². The van der Waals surface area contributed by atoms with E-state index in [4.69, 9.17) is 0 Å². The van der Waals surface area contributed by atoms with Gasteiger partial charge in [0, 0.05) is 0 Å². The SMILES string of the molecule is COC(=O)Cc1cc(Br)c(O)c(C(F)F)n1. The van der Waals surface area contributed by atoms with Crippen molar-refractivity contribution in [1.82, 2.24) is 4.98 Å². The molecule has 0 spiro atoms. The molecule has 7 heteroatoms. The molecule has 0 radical (unpaired) electrons. The number of aromatic nitrogens is 1. The van der Waals surface area contributed by atoms with E-state index in [1.807, 2.05) is 0 Å². The number of carbonyl (C=O) groups excluding carboxylic acids is 1. The number of methoxy groups -OCH3 is 1. The highest BCUT2D eigenvalue weighted by molar-refractivity contribution is 9.10. The second-order valence-electron chi connectivity index (χ2n) is 2.88. The minimum absolute atomic E-state index is 0.0664. The lowest BCUT2D eigenvalue weighted by molar-refractivity contribution is -0.139. The lowest BCUT2D eigenvalue weighted by Gasteiger charge is -2.07. The van der Waals surface area contributed by atoms with Gasteiger partial charge in [0.25, 0.3) is 6.43 Å². The van der Waals surface area contributed by atoms with E-state index in [1.54, 1.807) is 0 Å². The number of pyridine rings is 1. The van der Waals surface area contributed by atoms with Gasteiger partial charge in [-0.3, -0.25) is 4.79 Å². The molecule has 0 saturated heterocycles. The second kappa shape index (κ2) is 5.20. The van der Waals surface area contributed by atoms with Crippen molar-refractivity contribution in [3.63, 3.8) is 0 Å². The van der Waals surface area contributed by atoms with Gasteiger partial charge < -0.3 is 9.84 Å². The first-order valence-corrected chi connectivity index (χ1v) is 4.98. The van der Waals surface area contributed by atoms with Gasteiger partial charge in [-0.25, -0.2) is 13.8 Å². The average molecular weight is 296 g/mol. The molecule has 88 valence electrons. The van der Waals surface area contributed by atoms with Crippen molar-refractivity contribution in [3.8, 4) is 5.75 Å². The lowest BCUT2D eigenvalue weighted by Crippen LogP contribution is -2.07. The Hall–Kier alpha value is -1.24. The van der Waals surface area contributed by atoms with E-state index in [2.05, 4.69) is 25.7 Å². The van der Waals surface area contributed by atoms with E-state index >= 15 is 0 Å². The van der Waals surface area contributed by atoms with Crippen LogP contribution < -0.4 is 0 Å². The van der Waals surface area contributed by atoms with Crippen LogP contribution in [0, 0.1) is 0 Å². The molecule has 0 saturated carbocycles. The molecule has 0 unspecified atom stereocenters. The topological polar surface area (TPSA) is 59.4 Å². The molecule has 0 aliphatic rings. The van der Waals surface area contributed by atoms with Crippen LogP contribution in [0.25, 0.3) is 0 Å². The zero-order valence-corrected chi connectivity index (χ0v) is 9.79. The fraction of sp³-hybridized carbons (Fsp3) is 0.333. The molecule has 1 aromatic rings. The largest absolute Gasteiger partial charge is 0.505 e. The summed E-state index contributed by atoms with van der Waals surface area (Å²) < 4.78 is 29.3. The standard InChI is InChI=1S/C9H8BrF2NO3/c1-16-6(14)3-4-2-5(10)8(15)7(13-4)9(11)12/h2,9,15H,3H2,1H3. The van der Waals surface area contributed by atoms with E-state index in [1.165, 1.54) is 13.2 Å². The molecule has 4 nitrogen and oxygen atoms in total.